The van der Waals surface area contributed by atoms with Crippen molar-refractivity contribution in [3.8, 4) is 0 Å². The number of amides is 2. The maximum atomic E-state index is 13.9. The fraction of sp³-hybridized carbons (Fsp3) is 0.200. The number of benzene rings is 2. The average Bonchev–Trinajstić information content (AvgIpc) is 2.68. The minimum atomic E-state index is -1.27. The van der Waals surface area contributed by atoms with Crippen LogP contribution in [0.3, 0.4) is 0 Å². The molecule has 2 aromatic rings. The van der Waals surface area contributed by atoms with Crippen LogP contribution in [0.2, 0.25) is 0 Å². The van der Waals surface area contributed by atoms with Crippen LogP contribution in [-0.2, 0) is 9.59 Å². The van der Waals surface area contributed by atoms with Crippen LogP contribution in [0.15, 0.2) is 48.5 Å². The van der Waals surface area contributed by atoms with Crippen molar-refractivity contribution in [2.24, 2.45) is 11.5 Å². The minimum absolute atomic E-state index is 0. The van der Waals surface area contributed by atoms with Gasteiger partial charge in [0.25, 0.3) is 0 Å². The Balaban J connectivity index is 0.00000480. The summed E-state index contributed by atoms with van der Waals surface area (Å²) in [7, 11) is 0. The second-order valence-electron chi connectivity index (χ2n) is 6.55. The number of carbonyl (C=O) groups excluding carboxylic acids is 2. The molecule has 2 atom stereocenters. The summed E-state index contributed by atoms with van der Waals surface area (Å²) < 4.78 is 27.8. The molecule has 0 aliphatic rings. The third-order valence-corrected chi connectivity index (χ3v) is 4.22. The fourth-order valence-corrected chi connectivity index (χ4v) is 2.98. The zero-order valence-corrected chi connectivity index (χ0v) is 18.4. The highest BCUT2D eigenvalue weighted by atomic mass is 35.5. The number of amidine groups is 2. The molecule has 32 heavy (non-hydrogen) atoms. The predicted molar refractivity (Wildman–Crippen MR) is 123 cm³/mol. The maximum Gasteiger partial charge on any atom is 0.229 e. The highest BCUT2D eigenvalue weighted by Gasteiger charge is 2.36. The van der Waals surface area contributed by atoms with Crippen LogP contribution >= 0.6 is 24.8 Å². The van der Waals surface area contributed by atoms with Gasteiger partial charge in [0.1, 0.15) is 23.3 Å². The Labute approximate surface area is 196 Å². The van der Waals surface area contributed by atoms with Crippen LogP contribution < -0.4 is 22.1 Å². The lowest BCUT2D eigenvalue weighted by molar-refractivity contribution is -0.129. The number of nitrogens with one attached hydrogen (secondary N) is 4. The van der Waals surface area contributed by atoms with Crippen molar-refractivity contribution in [2.75, 3.05) is 13.1 Å². The molecule has 0 bridgehead atoms. The van der Waals surface area contributed by atoms with Crippen LogP contribution in [-0.4, -0.2) is 36.6 Å². The molecular formula is C20H24Cl2F2N6O2. The van der Waals surface area contributed by atoms with Crippen molar-refractivity contribution in [1.82, 2.24) is 10.6 Å². The van der Waals surface area contributed by atoms with E-state index in [1.54, 1.807) is 0 Å². The average molecular weight is 489 g/mol. The molecule has 2 amide bonds. The molecule has 0 saturated carbocycles. The van der Waals surface area contributed by atoms with Gasteiger partial charge in [0, 0.05) is 0 Å². The molecule has 0 aliphatic heterocycles. The van der Waals surface area contributed by atoms with Gasteiger partial charge in [0.2, 0.25) is 11.8 Å². The zero-order chi connectivity index (χ0) is 22.3. The third-order valence-electron chi connectivity index (χ3n) is 4.22. The van der Waals surface area contributed by atoms with Crippen LogP contribution in [0, 0.1) is 22.5 Å². The number of carbonyl (C=O) groups is 2. The van der Waals surface area contributed by atoms with E-state index in [2.05, 4.69) is 10.6 Å². The highest BCUT2D eigenvalue weighted by molar-refractivity contribution is 5.97. The highest BCUT2D eigenvalue weighted by Crippen LogP contribution is 2.34. The predicted octanol–water partition coefficient (Wildman–Crippen LogP) is 1.78. The summed E-state index contributed by atoms with van der Waals surface area (Å²) in [6, 6.07) is 10.3. The van der Waals surface area contributed by atoms with Crippen molar-refractivity contribution in [2.45, 2.75) is 11.8 Å². The van der Waals surface area contributed by atoms with Gasteiger partial charge in [-0.15, -0.1) is 24.8 Å². The van der Waals surface area contributed by atoms with Crippen molar-refractivity contribution in [3.63, 3.8) is 0 Å². The van der Waals surface area contributed by atoms with E-state index >= 15 is 0 Å². The molecule has 0 aliphatic carbocycles. The monoisotopic (exact) mass is 488 g/mol. The topological polar surface area (TPSA) is 158 Å². The maximum absolute atomic E-state index is 13.9. The van der Waals surface area contributed by atoms with Crippen molar-refractivity contribution >= 4 is 48.3 Å². The first-order valence-electron chi connectivity index (χ1n) is 8.91. The van der Waals surface area contributed by atoms with Gasteiger partial charge in [0.15, 0.2) is 0 Å². The SMILES string of the molecule is Cl.Cl.N=C(N)CNC(=O)C(c1cccc(F)c1)C(C(=O)NCC(=N)N)c1cccc(F)c1. The molecule has 8 N–H and O–H groups in total. The molecule has 0 saturated heterocycles. The van der Waals surface area contributed by atoms with Gasteiger partial charge < -0.3 is 22.1 Å². The van der Waals surface area contributed by atoms with Gasteiger partial charge in [-0.25, -0.2) is 8.78 Å². The Hall–Kier alpha value is -3.24. The second-order valence-corrected chi connectivity index (χ2v) is 6.55. The van der Waals surface area contributed by atoms with Crippen LogP contribution in [0.1, 0.15) is 23.0 Å². The summed E-state index contributed by atoms with van der Waals surface area (Å²) in [5.41, 5.74) is 10.9. The van der Waals surface area contributed by atoms with Crippen LogP contribution in [0.5, 0.6) is 0 Å². The Morgan fingerprint density at radius 3 is 1.41 bits per heavy atom. The van der Waals surface area contributed by atoms with Crippen molar-refractivity contribution < 1.29 is 18.4 Å². The largest absolute Gasteiger partial charge is 0.386 e. The molecule has 174 valence electrons. The standard InChI is InChI=1S/C20H22F2N6O2.2ClH/c21-13-5-1-3-11(7-13)17(19(29)27-9-15(23)24)18(20(30)28-10-16(25)26)12-4-2-6-14(22)8-12;;/h1-8,17-18H,9-10H2,(H3,23,24)(H3,25,26)(H,27,29)(H,28,30);2*1H. The van der Waals surface area contributed by atoms with E-state index in [9.17, 15) is 18.4 Å². The molecule has 0 fully saturated rings. The smallest absolute Gasteiger partial charge is 0.229 e. The van der Waals surface area contributed by atoms with Gasteiger partial charge in [-0.3, -0.25) is 20.4 Å². The van der Waals surface area contributed by atoms with E-state index in [0.717, 1.165) is 12.1 Å². The molecule has 2 unspecified atom stereocenters. The number of hydrogen-bond donors (Lipinski definition) is 6. The Bertz CT molecular complexity index is 899. The number of rotatable bonds is 9. The second kappa shape index (κ2) is 13.2. The van der Waals surface area contributed by atoms with E-state index in [-0.39, 0.29) is 60.7 Å². The van der Waals surface area contributed by atoms with Gasteiger partial charge in [-0.2, -0.15) is 0 Å². The first-order chi connectivity index (χ1) is 14.2. The molecule has 0 aromatic heterocycles. The first-order valence-corrected chi connectivity index (χ1v) is 8.91. The Morgan fingerprint density at radius 1 is 0.781 bits per heavy atom. The molecule has 2 rings (SSSR count). The molecule has 0 heterocycles. The van der Waals surface area contributed by atoms with Crippen molar-refractivity contribution in [1.29, 1.82) is 10.8 Å². The Kier molecular flexibility index (Phi) is 11.9. The van der Waals surface area contributed by atoms with Gasteiger partial charge in [-0.05, 0) is 35.4 Å². The van der Waals surface area contributed by atoms with E-state index in [0.29, 0.717) is 0 Å². The van der Waals surface area contributed by atoms with Crippen LogP contribution in [0.25, 0.3) is 0 Å². The molecular weight excluding hydrogens is 465 g/mol. The summed E-state index contributed by atoms with van der Waals surface area (Å²) in [5.74, 6) is -5.83. The molecule has 0 spiro atoms. The third kappa shape index (κ3) is 8.12. The molecule has 8 nitrogen and oxygen atoms in total. The molecule has 2 aromatic carbocycles. The minimum Gasteiger partial charge on any atom is -0.386 e. The number of halogens is 4. The van der Waals surface area contributed by atoms with Crippen molar-refractivity contribution in [3.05, 3.63) is 71.3 Å². The quantitative estimate of drug-likeness (QED) is 0.234. The fourth-order valence-electron chi connectivity index (χ4n) is 2.98. The van der Waals surface area contributed by atoms with E-state index in [1.807, 2.05) is 0 Å². The zero-order valence-electron chi connectivity index (χ0n) is 16.7. The van der Waals surface area contributed by atoms with Gasteiger partial charge in [-0.1, -0.05) is 24.3 Å². The number of nitrogens with two attached hydrogens (primary N) is 2. The molecule has 0 radical (unpaired) electrons. The van der Waals surface area contributed by atoms with E-state index in [1.165, 1.54) is 36.4 Å². The van der Waals surface area contributed by atoms with E-state index < -0.39 is 35.3 Å². The lowest BCUT2D eigenvalue weighted by Gasteiger charge is -2.26. The van der Waals surface area contributed by atoms with Gasteiger partial charge in [0.05, 0.1) is 24.9 Å². The summed E-state index contributed by atoms with van der Waals surface area (Å²) >= 11 is 0. The lowest BCUT2D eigenvalue weighted by Crippen LogP contribution is -2.43. The normalized spacial score (nSPS) is 11.7. The lowest BCUT2D eigenvalue weighted by atomic mass is 9.80. The Morgan fingerprint density at radius 2 is 1.12 bits per heavy atom. The van der Waals surface area contributed by atoms with E-state index in [4.69, 9.17) is 22.3 Å². The number of hydrogen-bond acceptors (Lipinski definition) is 4. The first kappa shape index (κ1) is 28.8. The summed E-state index contributed by atoms with van der Waals surface area (Å²) in [6.07, 6.45) is 0. The van der Waals surface area contributed by atoms with Crippen LogP contribution in [0.4, 0.5) is 8.78 Å². The summed E-state index contributed by atoms with van der Waals surface area (Å²) in [6.45, 7) is -0.564. The molecule has 12 heteroatoms. The van der Waals surface area contributed by atoms with Gasteiger partial charge >= 0.3 is 0 Å². The summed E-state index contributed by atoms with van der Waals surface area (Å²) in [5, 5.41) is 19.5. The summed E-state index contributed by atoms with van der Waals surface area (Å²) in [4.78, 5) is 26.0.